The Morgan fingerprint density at radius 2 is 1.67 bits per heavy atom. The Balaban J connectivity index is 0. The third-order valence-electron chi connectivity index (χ3n) is 1.08. The molecule has 0 saturated carbocycles. The molecule has 0 aromatic heterocycles. The average Bonchev–Trinajstić information content (AvgIpc) is 2.21. The van der Waals surface area contributed by atoms with Gasteiger partial charge in [-0.1, -0.05) is 18.2 Å². The van der Waals surface area contributed by atoms with Crippen LogP contribution in [0.25, 0.3) is 0 Å². The second-order valence-electron chi connectivity index (χ2n) is 2.11. The molecule has 1 aromatic carbocycles. The first-order valence-corrected chi connectivity index (χ1v) is 5.54. The van der Waals surface area contributed by atoms with Crippen LogP contribution in [0.1, 0.15) is 0 Å². The van der Waals surface area contributed by atoms with Gasteiger partial charge >= 0.3 is 6.09 Å². The zero-order valence-electron chi connectivity index (χ0n) is 8.71. The molecule has 0 spiro atoms. The van der Waals surface area contributed by atoms with Crippen LogP contribution < -0.4 is 11.5 Å². The highest BCUT2D eigenvalue weighted by Gasteiger charge is 1.98. The van der Waals surface area contributed by atoms with E-state index in [-0.39, 0.29) is 0 Å². The number of rotatable bonds is 1. The Kier molecular flexibility index (Phi) is 11.7. The van der Waals surface area contributed by atoms with Crippen molar-refractivity contribution in [2.45, 2.75) is 4.90 Å². The van der Waals surface area contributed by atoms with Gasteiger partial charge in [-0.05, 0) is 30.4 Å². The van der Waals surface area contributed by atoms with Gasteiger partial charge in [0.15, 0.2) is 4.90 Å². The Labute approximate surface area is 92.3 Å². The molecule has 0 aliphatic rings. The standard InChI is InChI=1S/C7H8OS.CH3NO2.CH5N/c1-9(8)7-5-3-2-4-6-7;2-1(3)4;1-2/h2-6H,1H3;2H2,(H,3,4);2H2,1H3. The fraction of sp³-hybridized carbons (Fsp3) is 0.222. The van der Waals surface area contributed by atoms with Crippen LogP contribution >= 0.6 is 0 Å². The lowest BCUT2D eigenvalue weighted by atomic mass is 10.4. The van der Waals surface area contributed by atoms with Crippen molar-refractivity contribution in [3.8, 4) is 0 Å². The first-order chi connectivity index (χ1) is 7.04. The summed E-state index contributed by atoms with van der Waals surface area (Å²) in [5.74, 6) is 0. The molecule has 1 rings (SSSR count). The van der Waals surface area contributed by atoms with Gasteiger partial charge < -0.3 is 21.1 Å². The molecule has 0 saturated heterocycles. The van der Waals surface area contributed by atoms with Crippen LogP contribution in [0, 0.1) is 0 Å². The van der Waals surface area contributed by atoms with Crippen molar-refractivity contribution in [3.63, 3.8) is 0 Å². The van der Waals surface area contributed by atoms with Crippen molar-refractivity contribution in [1.82, 2.24) is 0 Å². The summed E-state index contributed by atoms with van der Waals surface area (Å²) in [6.07, 6.45) is 0.343. The number of carbonyl (C=O) groups is 1. The molecule has 0 radical (unpaired) electrons. The van der Waals surface area contributed by atoms with Gasteiger partial charge in [-0.15, -0.1) is 0 Å². The largest absolute Gasteiger partial charge is 0.612 e. The van der Waals surface area contributed by atoms with E-state index in [1.807, 2.05) is 30.3 Å². The van der Waals surface area contributed by atoms with Gasteiger partial charge in [0.1, 0.15) is 6.26 Å². The Morgan fingerprint density at radius 1 is 1.33 bits per heavy atom. The predicted octanol–water partition coefficient (Wildman–Crippen LogP) is 0.622. The minimum absolute atomic E-state index is 0.829. The maximum Gasteiger partial charge on any atom is 0.402 e. The van der Waals surface area contributed by atoms with Crippen LogP contribution in [-0.4, -0.2) is 29.1 Å². The van der Waals surface area contributed by atoms with Crippen molar-refractivity contribution >= 4 is 17.3 Å². The molecule has 1 aromatic rings. The third-order valence-corrected chi connectivity index (χ3v) is 2.01. The second kappa shape index (κ2) is 10.8. The molecule has 0 aliphatic heterocycles. The van der Waals surface area contributed by atoms with Gasteiger partial charge in [0.25, 0.3) is 0 Å². The fourth-order valence-electron chi connectivity index (χ4n) is 0.612. The molecule has 0 heterocycles. The lowest BCUT2D eigenvalue weighted by Crippen LogP contribution is -2.03. The molecule has 0 aliphatic carbocycles. The van der Waals surface area contributed by atoms with Crippen LogP contribution in [0.3, 0.4) is 0 Å². The fourth-order valence-corrected chi connectivity index (χ4v) is 1.15. The highest BCUT2D eigenvalue weighted by Crippen LogP contribution is 2.05. The van der Waals surface area contributed by atoms with E-state index < -0.39 is 17.3 Å². The molecule has 1 atom stereocenters. The van der Waals surface area contributed by atoms with Gasteiger partial charge in [-0.3, -0.25) is 0 Å². The molecular formula is C9H16N2O3S. The average molecular weight is 232 g/mol. The topological polar surface area (TPSA) is 112 Å². The number of benzene rings is 1. The second-order valence-corrected chi connectivity index (χ2v) is 3.49. The van der Waals surface area contributed by atoms with Crippen LogP contribution in [0.4, 0.5) is 4.79 Å². The molecule has 5 nitrogen and oxygen atoms in total. The van der Waals surface area contributed by atoms with Gasteiger partial charge in [0, 0.05) is 0 Å². The smallest absolute Gasteiger partial charge is 0.402 e. The van der Waals surface area contributed by atoms with Crippen LogP contribution in [0.2, 0.25) is 0 Å². The van der Waals surface area contributed by atoms with E-state index in [1.54, 1.807) is 6.26 Å². The molecule has 5 N–H and O–H groups in total. The van der Waals surface area contributed by atoms with Crippen molar-refractivity contribution in [2.75, 3.05) is 13.3 Å². The molecule has 1 unspecified atom stereocenters. The summed E-state index contributed by atoms with van der Waals surface area (Å²) in [5.41, 5.74) is 8.53. The van der Waals surface area contributed by atoms with Gasteiger partial charge in [-0.25, -0.2) is 4.79 Å². The van der Waals surface area contributed by atoms with Crippen molar-refractivity contribution in [3.05, 3.63) is 30.3 Å². The first-order valence-electron chi connectivity index (χ1n) is 3.98. The Bertz CT molecular complexity index is 251. The third kappa shape index (κ3) is 12.8. The zero-order chi connectivity index (χ0) is 12.3. The number of carboxylic acid groups (broad SMARTS) is 1. The highest BCUT2D eigenvalue weighted by atomic mass is 32.2. The van der Waals surface area contributed by atoms with Gasteiger partial charge in [-0.2, -0.15) is 0 Å². The molecular weight excluding hydrogens is 216 g/mol. The van der Waals surface area contributed by atoms with E-state index in [0.29, 0.717) is 0 Å². The van der Waals surface area contributed by atoms with E-state index in [0.717, 1.165) is 4.90 Å². The van der Waals surface area contributed by atoms with E-state index >= 15 is 0 Å². The molecule has 15 heavy (non-hydrogen) atoms. The number of hydrogen-bond acceptors (Lipinski definition) is 3. The molecule has 0 fully saturated rings. The van der Waals surface area contributed by atoms with Gasteiger partial charge in [0.2, 0.25) is 0 Å². The van der Waals surface area contributed by atoms with E-state index in [2.05, 4.69) is 11.5 Å². The zero-order valence-corrected chi connectivity index (χ0v) is 9.53. The van der Waals surface area contributed by atoms with Crippen LogP contribution in [-0.2, 0) is 11.2 Å². The summed E-state index contributed by atoms with van der Waals surface area (Å²) >= 11 is -0.829. The normalized spacial score (nSPS) is 9.87. The molecule has 1 amide bonds. The summed E-state index contributed by atoms with van der Waals surface area (Å²) in [7, 11) is 1.50. The highest BCUT2D eigenvalue weighted by molar-refractivity contribution is 7.90. The number of primary amides is 1. The van der Waals surface area contributed by atoms with E-state index in [9.17, 15) is 4.55 Å². The summed E-state index contributed by atoms with van der Waals surface area (Å²) in [6, 6.07) is 9.40. The molecule has 6 heteroatoms. The van der Waals surface area contributed by atoms with E-state index in [4.69, 9.17) is 9.90 Å². The lowest BCUT2D eigenvalue weighted by molar-refractivity contribution is 0.205. The minimum atomic E-state index is -1.33. The Hall–Kier alpha value is -1.24. The number of nitrogens with two attached hydrogens (primary N) is 2. The summed E-state index contributed by atoms with van der Waals surface area (Å²) in [5, 5.41) is 7.19. The summed E-state index contributed by atoms with van der Waals surface area (Å²) < 4.78 is 10.8. The lowest BCUT2D eigenvalue weighted by Gasteiger charge is -2.01. The number of amides is 1. The minimum Gasteiger partial charge on any atom is -0.612 e. The maximum absolute atomic E-state index is 10.8. The molecule has 86 valence electrons. The number of hydrogen-bond donors (Lipinski definition) is 3. The van der Waals surface area contributed by atoms with Crippen molar-refractivity contribution in [2.24, 2.45) is 11.5 Å². The van der Waals surface area contributed by atoms with Crippen molar-refractivity contribution in [1.29, 1.82) is 0 Å². The monoisotopic (exact) mass is 232 g/mol. The summed E-state index contributed by atoms with van der Waals surface area (Å²) in [6.45, 7) is 0. The first kappa shape index (κ1) is 16.2. The van der Waals surface area contributed by atoms with Gasteiger partial charge in [0.05, 0.1) is 0 Å². The van der Waals surface area contributed by atoms with E-state index in [1.165, 1.54) is 7.05 Å². The summed E-state index contributed by atoms with van der Waals surface area (Å²) in [4.78, 5) is 9.66. The predicted molar refractivity (Wildman–Crippen MR) is 61.1 cm³/mol. The Morgan fingerprint density at radius 3 is 1.87 bits per heavy atom. The maximum atomic E-state index is 10.8. The quantitative estimate of drug-likeness (QED) is 0.616. The van der Waals surface area contributed by atoms with Crippen LogP contribution in [0.15, 0.2) is 35.2 Å². The van der Waals surface area contributed by atoms with Crippen LogP contribution in [0.5, 0.6) is 0 Å². The molecule has 0 bridgehead atoms. The van der Waals surface area contributed by atoms with Crippen molar-refractivity contribution < 1.29 is 14.5 Å². The SMILES string of the molecule is CN.C[S+]([O-])c1ccccc1.NC(=O)O.